The number of carbonyl (C=O) groups is 1. The summed E-state index contributed by atoms with van der Waals surface area (Å²) in [6.45, 7) is 2.20. The third-order valence-electron chi connectivity index (χ3n) is 2.27. The van der Waals surface area contributed by atoms with Crippen LogP contribution in [0.2, 0.25) is 0 Å². The summed E-state index contributed by atoms with van der Waals surface area (Å²) in [6.07, 6.45) is 4.07. The maximum absolute atomic E-state index is 11.7. The first-order chi connectivity index (χ1) is 8.27. The summed E-state index contributed by atoms with van der Waals surface area (Å²) in [5.74, 6) is -0.368. The number of nitrogens with zero attached hydrogens (tertiary/aromatic N) is 2. The quantitative estimate of drug-likeness (QED) is 0.779. The Morgan fingerprint density at radius 3 is 3.12 bits per heavy atom. The molecular weight excluding hydrogens is 236 g/mol. The second-order valence-corrected chi connectivity index (χ2v) is 4.49. The molecule has 0 saturated heterocycles. The minimum absolute atomic E-state index is 0.358. The average Bonchev–Trinajstić information content (AvgIpc) is 2.82. The van der Waals surface area contributed by atoms with Gasteiger partial charge in [0.15, 0.2) is 5.69 Å². The molecule has 0 saturated carbocycles. The highest BCUT2D eigenvalue weighted by molar-refractivity contribution is 7.09. The van der Waals surface area contributed by atoms with E-state index in [1.165, 1.54) is 0 Å². The van der Waals surface area contributed by atoms with Crippen molar-refractivity contribution in [2.24, 2.45) is 0 Å². The molecule has 17 heavy (non-hydrogen) atoms. The van der Waals surface area contributed by atoms with Gasteiger partial charge in [0.05, 0.1) is 12.1 Å². The van der Waals surface area contributed by atoms with Gasteiger partial charge in [-0.2, -0.15) is 0 Å². The first-order valence-electron chi connectivity index (χ1n) is 5.23. The van der Waals surface area contributed by atoms with Crippen LogP contribution in [0.25, 0.3) is 0 Å². The Morgan fingerprint density at radius 2 is 2.41 bits per heavy atom. The van der Waals surface area contributed by atoms with Crippen molar-refractivity contribution in [2.45, 2.75) is 13.3 Å². The van der Waals surface area contributed by atoms with Crippen molar-refractivity contribution >= 4 is 17.3 Å². The number of pyridine rings is 1. The summed E-state index contributed by atoms with van der Waals surface area (Å²) in [5, 5.41) is 0. The fourth-order valence-corrected chi connectivity index (χ4v) is 1.96. The Bertz CT molecular complexity index is 497. The maximum Gasteiger partial charge on any atom is 0.357 e. The Labute approximate surface area is 103 Å². The second-order valence-electron chi connectivity index (χ2n) is 3.52. The molecular formula is C12H12N2O2S. The molecule has 2 aromatic heterocycles. The molecule has 0 unspecified atom stereocenters. The van der Waals surface area contributed by atoms with E-state index in [2.05, 4.69) is 9.97 Å². The van der Waals surface area contributed by atoms with E-state index in [-0.39, 0.29) is 5.97 Å². The highest BCUT2D eigenvalue weighted by Gasteiger charge is 2.11. The number of carbonyl (C=O) groups excluding carboxylic acids is 1. The molecule has 2 heterocycles. The largest absolute Gasteiger partial charge is 0.461 e. The third kappa shape index (κ3) is 3.10. The Kier molecular flexibility index (Phi) is 3.82. The van der Waals surface area contributed by atoms with E-state index in [9.17, 15) is 4.79 Å². The van der Waals surface area contributed by atoms with Crippen molar-refractivity contribution in [1.82, 2.24) is 9.97 Å². The molecule has 0 radical (unpaired) electrons. The van der Waals surface area contributed by atoms with E-state index in [0.717, 1.165) is 10.4 Å². The van der Waals surface area contributed by atoms with Gasteiger partial charge >= 0.3 is 5.97 Å². The van der Waals surface area contributed by atoms with Crippen LogP contribution in [0.1, 0.15) is 20.9 Å². The van der Waals surface area contributed by atoms with Crippen molar-refractivity contribution < 1.29 is 9.53 Å². The normalized spacial score (nSPS) is 10.2. The van der Waals surface area contributed by atoms with Gasteiger partial charge in [0.25, 0.3) is 0 Å². The molecule has 0 fully saturated rings. The van der Waals surface area contributed by atoms with Crippen molar-refractivity contribution in [2.75, 3.05) is 6.61 Å². The minimum atomic E-state index is -0.368. The predicted molar refractivity (Wildman–Crippen MR) is 65.1 cm³/mol. The van der Waals surface area contributed by atoms with Crippen molar-refractivity contribution in [3.63, 3.8) is 0 Å². The van der Waals surface area contributed by atoms with Crippen LogP contribution in [0.4, 0.5) is 0 Å². The Morgan fingerprint density at radius 1 is 1.53 bits per heavy atom. The van der Waals surface area contributed by atoms with E-state index in [4.69, 9.17) is 4.74 Å². The van der Waals surface area contributed by atoms with Crippen molar-refractivity contribution in [1.29, 1.82) is 0 Å². The highest BCUT2D eigenvalue weighted by Crippen LogP contribution is 2.08. The average molecular weight is 248 g/mol. The van der Waals surface area contributed by atoms with Gasteiger partial charge in [0.1, 0.15) is 0 Å². The number of hydrogen-bond acceptors (Lipinski definition) is 5. The van der Waals surface area contributed by atoms with E-state index >= 15 is 0 Å². The molecule has 0 aliphatic heterocycles. The van der Waals surface area contributed by atoms with Crippen LogP contribution in [0.3, 0.4) is 0 Å². The molecule has 2 rings (SSSR count). The number of aromatic nitrogens is 2. The van der Waals surface area contributed by atoms with Crippen LogP contribution in [-0.2, 0) is 11.2 Å². The highest BCUT2D eigenvalue weighted by atomic mass is 32.1. The van der Waals surface area contributed by atoms with Gasteiger partial charge in [-0.25, -0.2) is 9.78 Å². The van der Waals surface area contributed by atoms with Crippen LogP contribution in [0, 0.1) is 6.92 Å². The zero-order valence-corrected chi connectivity index (χ0v) is 10.2. The molecule has 0 aromatic carbocycles. The summed E-state index contributed by atoms with van der Waals surface area (Å²) in [6, 6.07) is 3.64. The van der Waals surface area contributed by atoms with Crippen LogP contribution >= 0.6 is 11.3 Å². The minimum Gasteiger partial charge on any atom is -0.461 e. The molecule has 0 aliphatic rings. The lowest BCUT2D eigenvalue weighted by Crippen LogP contribution is -2.11. The lowest BCUT2D eigenvalue weighted by Gasteiger charge is -2.04. The molecule has 4 nitrogen and oxygen atoms in total. The topological polar surface area (TPSA) is 52.1 Å². The fourth-order valence-electron chi connectivity index (χ4n) is 1.38. The predicted octanol–water partition coefficient (Wildman–Crippen LogP) is 2.25. The summed E-state index contributed by atoms with van der Waals surface area (Å²) >= 11 is 1.56. The van der Waals surface area contributed by atoms with Gasteiger partial charge in [0, 0.05) is 23.7 Å². The number of rotatable bonds is 4. The fraction of sp³-hybridized carbons (Fsp3) is 0.250. The van der Waals surface area contributed by atoms with Crippen LogP contribution in [-0.4, -0.2) is 22.5 Å². The lowest BCUT2D eigenvalue weighted by molar-refractivity contribution is 0.0502. The molecule has 0 aliphatic carbocycles. The van der Waals surface area contributed by atoms with Crippen molar-refractivity contribution in [3.05, 3.63) is 46.2 Å². The number of aryl methyl sites for hydroxylation is 1. The third-order valence-corrected chi connectivity index (χ3v) is 3.11. The van der Waals surface area contributed by atoms with E-state index in [1.807, 2.05) is 13.0 Å². The smallest absolute Gasteiger partial charge is 0.357 e. The van der Waals surface area contributed by atoms with Crippen LogP contribution in [0.15, 0.2) is 30.0 Å². The van der Waals surface area contributed by atoms with Gasteiger partial charge in [-0.3, -0.25) is 4.98 Å². The summed E-state index contributed by atoms with van der Waals surface area (Å²) in [4.78, 5) is 20.8. The molecule has 0 bridgehead atoms. The van der Waals surface area contributed by atoms with Crippen molar-refractivity contribution in [3.8, 4) is 0 Å². The summed E-state index contributed by atoms with van der Waals surface area (Å²) in [5.41, 5.74) is 2.98. The Balaban J connectivity index is 1.88. The number of hydrogen-bond donors (Lipinski definition) is 0. The monoisotopic (exact) mass is 248 g/mol. The molecule has 0 spiro atoms. The summed E-state index contributed by atoms with van der Waals surface area (Å²) in [7, 11) is 0. The first kappa shape index (κ1) is 11.7. The molecule has 0 atom stereocenters. The zero-order chi connectivity index (χ0) is 12.1. The molecule has 0 N–H and O–H groups in total. The lowest BCUT2D eigenvalue weighted by atomic mass is 10.2. The number of thiazole rings is 1. The van der Waals surface area contributed by atoms with Gasteiger partial charge in [-0.1, -0.05) is 6.07 Å². The number of ether oxygens (including phenoxy) is 1. The van der Waals surface area contributed by atoms with Gasteiger partial charge in [-0.05, 0) is 18.6 Å². The van der Waals surface area contributed by atoms with Gasteiger partial charge in [-0.15, -0.1) is 11.3 Å². The maximum atomic E-state index is 11.7. The van der Waals surface area contributed by atoms with E-state index in [0.29, 0.717) is 18.7 Å². The molecule has 88 valence electrons. The summed E-state index contributed by atoms with van der Waals surface area (Å²) < 4.78 is 5.16. The van der Waals surface area contributed by atoms with Crippen LogP contribution in [0.5, 0.6) is 0 Å². The SMILES string of the molecule is Cc1cccnc1C(=O)OCCc1cncs1. The standard InChI is InChI=1S/C12H12N2O2S/c1-9-3-2-5-14-11(9)12(15)16-6-4-10-7-13-8-17-10/h2-3,5,7-8H,4,6H2,1H3. The van der Waals surface area contributed by atoms with Gasteiger partial charge in [0.2, 0.25) is 0 Å². The molecule has 5 heteroatoms. The second kappa shape index (κ2) is 5.54. The van der Waals surface area contributed by atoms with Crippen LogP contribution < -0.4 is 0 Å². The van der Waals surface area contributed by atoms with E-state index in [1.54, 1.807) is 35.3 Å². The van der Waals surface area contributed by atoms with Gasteiger partial charge < -0.3 is 4.74 Å². The first-order valence-corrected chi connectivity index (χ1v) is 6.11. The number of esters is 1. The molecule has 2 aromatic rings. The Hall–Kier alpha value is -1.75. The zero-order valence-electron chi connectivity index (χ0n) is 9.42. The molecule has 0 amide bonds. The van der Waals surface area contributed by atoms with E-state index < -0.39 is 0 Å².